The van der Waals surface area contributed by atoms with Crippen LogP contribution in [-0.4, -0.2) is 50.0 Å². The van der Waals surface area contributed by atoms with Gasteiger partial charge in [0.25, 0.3) is 0 Å². The van der Waals surface area contributed by atoms with Crippen molar-refractivity contribution in [1.29, 1.82) is 0 Å². The normalized spacial score (nSPS) is 21.8. The molecule has 0 N–H and O–H groups in total. The second-order valence-corrected chi connectivity index (χ2v) is 18.9. The third kappa shape index (κ3) is 4.72. The van der Waals surface area contributed by atoms with E-state index in [9.17, 15) is 0 Å². The van der Waals surface area contributed by atoms with Gasteiger partial charge in [0.05, 0.1) is 11.6 Å². The number of hydrogen-bond donors (Lipinski definition) is 0. The monoisotopic (exact) mass is 523 g/mol. The lowest BCUT2D eigenvalue weighted by atomic mass is 9.93. The van der Waals surface area contributed by atoms with Crippen LogP contribution in [0.5, 0.6) is 0 Å². The minimum absolute atomic E-state index is 0.000424. The number of benzene rings is 1. The summed E-state index contributed by atoms with van der Waals surface area (Å²) < 4.78 is 11.1. The maximum Gasteiger partial charge on any atom is 0.192 e. The quantitative estimate of drug-likeness (QED) is 0.340. The first kappa shape index (κ1) is 25.7. The molecule has 194 valence electrons. The van der Waals surface area contributed by atoms with Gasteiger partial charge in [0.2, 0.25) is 0 Å². The molecule has 0 amide bonds. The number of aryl methyl sites for hydroxylation is 1. The molecule has 1 aliphatic carbocycles. The van der Waals surface area contributed by atoms with E-state index in [-0.39, 0.29) is 15.2 Å². The lowest BCUT2D eigenvalue weighted by molar-refractivity contribution is 0.252. The summed E-state index contributed by atoms with van der Waals surface area (Å²) in [4.78, 5) is 0. The molecule has 1 aromatic carbocycles. The van der Waals surface area contributed by atoms with E-state index < -0.39 is 8.32 Å². The van der Waals surface area contributed by atoms with Crippen molar-refractivity contribution in [2.24, 2.45) is 0 Å². The van der Waals surface area contributed by atoms with Crippen LogP contribution >= 0.6 is 11.8 Å². The van der Waals surface area contributed by atoms with E-state index in [0.717, 1.165) is 56.4 Å². The van der Waals surface area contributed by atoms with Crippen molar-refractivity contribution in [2.45, 2.75) is 95.3 Å². The first-order valence-electron chi connectivity index (χ1n) is 13.3. The fourth-order valence-corrected chi connectivity index (χ4v) is 7.26. The number of rotatable bonds is 7. The fourth-order valence-electron chi connectivity index (χ4n) is 4.90. The van der Waals surface area contributed by atoms with Gasteiger partial charge >= 0.3 is 0 Å². The molecule has 2 aromatic heterocycles. The van der Waals surface area contributed by atoms with Crippen molar-refractivity contribution in [3.8, 4) is 11.1 Å². The van der Waals surface area contributed by atoms with E-state index in [1.54, 1.807) is 0 Å². The van der Waals surface area contributed by atoms with Crippen LogP contribution in [0, 0.1) is 0 Å². The SMILES string of the molecule is CCn1cc(-c2ccc(C3(c4nnc5n4CCS[C@@](C)(CO[Si](C)(C)C(C)(C)C)C5)CC3)cc2)cn1. The van der Waals surface area contributed by atoms with Crippen molar-refractivity contribution < 1.29 is 4.43 Å². The number of hydrogen-bond acceptors (Lipinski definition) is 5. The van der Waals surface area contributed by atoms with E-state index in [0.29, 0.717) is 0 Å². The van der Waals surface area contributed by atoms with E-state index in [1.165, 1.54) is 16.7 Å². The van der Waals surface area contributed by atoms with Gasteiger partial charge in [-0.2, -0.15) is 16.9 Å². The molecule has 8 heteroatoms. The Labute approximate surface area is 221 Å². The summed E-state index contributed by atoms with van der Waals surface area (Å²) in [6, 6.07) is 9.04. The zero-order valence-corrected chi connectivity index (χ0v) is 24.8. The van der Waals surface area contributed by atoms with Gasteiger partial charge in [0, 0.05) is 48.4 Å². The van der Waals surface area contributed by atoms with Gasteiger partial charge in [-0.15, -0.1) is 10.2 Å². The highest BCUT2D eigenvalue weighted by Gasteiger charge is 2.51. The first-order valence-corrected chi connectivity index (χ1v) is 17.2. The first-order chi connectivity index (χ1) is 17.0. The van der Waals surface area contributed by atoms with Crippen LogP contribution in [-0.2, 0) is 29.4 Å². The summed E-state index contributed by atoms with van der Waals surface area (Å²) in [7, 11) is -1.79. The third-order valence-corrected chi connectivity index (χ3v) is 14.4. The summed E-state index contributed by atoms with van der Waals surface area (Å²) >= 11 is 2.04. The second-order valence-electron chi connectivity index (χ2n) is 12.4. The molecule has 3 aromatic rings. The molecule has 3 heterocycles. The largest absolute Gasteiger partial charge is 0.415 e. The molecule has 1 fully saturated rings. The van der Waals surface area contributed by atoms with Crippen molar-refractivity contribution in [3.63, 3.8) is 0 Å². The highest BCUT2D eigenvalue weighted by Crippen LogP contribution is 2.53. The van der Waals surface area contributed by atoms with Crippen LogP contribution < -0.4 is 0 Å². The Hall–Kier alpha value is -1.90. The molecule has 0 unspecified atom stereocenters. The van der Waals surface area contributed by atoms with Crippen molar-refractivity contribution in [1.82, 2.24) is 24.5 Å². The van der Waals surface area contributed by atoms with Crippen LogP contribution in [0.25, 0.3) is 11.1 Å². The van der Waals surface area contributed by atoms with Gasteiger partial charge in [-0.25, -0.2) is 0 Å². The Morgan fingerprint density at radius 1 is 1.08 bits per heavy atom. The van der Waals surface area contributed by atoms with Crippen LogP contribution in [0.4, 0.5) is 0 Å². The predicted octanol–water partition coefficient (Wildman–Crippen LogP) is 6.31. The summed E-state index contributed by atoms with van der Waals surface area (Å²) in [5, 5.41) is 14.2. The molecule has 2 aliphatic rings. The Balaban J connectivity index is 1.35. The maximum absolute atomic E-state index is 6.67. The van der Waals surface area contributed by atoms with Gasteiger partial charge < -0.3 is 8.99 Å². The van der Waals surface area contributed by atoms with Gasteiger partial charge in [-0.1, -0.05) is 45.0 Å². The average molecular weight is 524 g/mol. The molecule has 0 saturated heterocycles. The van der Waals surface area contributed by atoms with E-state index in [4.69, 9.17) is 14.6 Å². The molecule has 6 nitrogen and oxygen atoms in total. The zero-order chi connectivity index (χ0) is 25.8. The van der Waals surface area contributed by atoms with Gasteiger partial charge in [-0.3, -0.25) is 4.68 Å². The Morgan fingerprint density at radius 3 is 2.42 bits per heavy atom. The number of fused-ring (bicyclic) bond motifs is 1. The molecule has 0 radical (unpaired) electrons. The Morgan fingerprint density at radius 2 is 1.81 bits per heavy atom. The molecule has 36 heavy (non-hydrogen) atoms. The molecule has 1 atom stereocenters. The standard InChI is InChI=1S/C28H41N5OSSi/c1-8-32-19-22(18-29-32)21-9-11-23(12-10-21)28(13-14-28)25-31-30-24-17-27(5,35-16-15-33(24)25)20-34-36(6,7)26(2,3)4/h9-12,18-19H,8,13-17,20H2,1-7H3/t27-/m1/s1. The highest BCUT2D eigenvalue weighted by molar-refractivity contribution is 8.00. The molecular weight excluding hydrogens is 482 g/mol. The van der Waals surface area contributed by atoms with Crippen LogP contribution in [0.3, 0.4) is 0 Å². The molecule has 0 spiro atoms. The van der Waals surface area contributed by atoms with Crippen LogP contribution in [0.2, 0.25) is 18.1 Å². The second kappa shape index (κ2) is 9.13. The van der Waals surface area contributed by atoms with Crippen molar-refractivity contribution in [3.05, 3.63) is 53.9 Å². The average Bonchev–Trinajstić information content (AvgIpc) is 3.38. The molecule has 1 aliphatic heterocycles. The van der Waals surface area contributed by atoms with E-state index >= 15 is 0 Å². The number of aromatic nitrogens is 5. The topological polar surface area (TPSA) is 57.8 Å². The summed E-state index contributed by atoms with van der Waals surface area (Å²) in [6.45, 7) is 18.7. The zero-order valence-electron chi connectivity index (χ0n) is 23.0. The summed E-state index contributed by atoms with van der Waals surface area (Å²) in [6.07, 6.45) is 7.24. The highest BCUT2D eigenvalue weighted by atomic mass is 32.2. The molecule has 1 saturated carbocycles. The molecule has 0 bridgehead atoms. The van der Waals surface area contributed by atoms with Crippen LogP contribution in [0.1, 0.15) is 64.7 Å². The Bertz CT molecular complexity index is 1220. The summed E-state index contributed by atoms with van der Waals surface area (Å²) in [5.74, 6) is 3.33. The molecule has 5 rings (SSSR count). The minimum atomic E-state index is -1.79. The maximum atomic E-state index is 6.67. The van der Waals surface area contributed by atoms with Crippen molar-refractivity contribution >= 4 is 20.1 Å². The summed E-state index contributed by atoms with van der Waals surface area (Å²) in [5.41, 5.74) is 3.73. The molecular formula is C28H41N5OSSi. The number of nitrogens with zero attached hydrogens (tertiary/aromatic N) is 5. The lowest BCUT2D eigenvalue weighted by Crippen LogP contribution is -2.45. The van der Waals surface area contributed by atoms with E-state index in [1.807, 2.05) is 22.6 Å². The Kier molecular flexibility index (Phi) is 6.53. The lowest BCUT2D eigenvalue weighted by Gasteiger charge is -2.39. The van der Waals surface area contributed by atoms with Gasteiger partial charge in [0.15, 0.2) is 8.32 Å². The van der Waals surface area contributed by atoms with E-state index in [2.05, 4.69) is 87.8 Å². The smallest absolute Gasteiger partial charge is 0.192 e. The predicted molar refractivity (Wildman–Crippen MR) is 151 cm³/mol. The van der Waals surface area contributed by atoms with Gasteiger partial charge in [-0.05, 0) is 55.9 Å². The fraction of sp³-hybridized carbons (Fsp3) is 0.607. The van der Waals surface area contributed by atoms with Gasteiger partial charge in [0.1, 0.15) is 11.6 Å². The van der Waals surface area contributed by atoms with Crippen LogP contribution in [0.15, 0.2) is 36.7 Å². The number of thioether (sulfide) groups is 1. The third-order valence-electron chi connectivity index (χ3n) is 8.58. The minimum Gasteiger partial charge on any atom is -0.415 e. The van der Waals surface area contributed by atoms with Crippen molar-refractivity contribution in [2.75, 3.05) is 12.4 Å².